The Bertz CT molecular complexity index is 607. The second-order valence-corrected chi connectivity index (χ2v) is 6.16. The van der Waals surface area contributed by atoms with Crippen molar-refractivity contribution in [3.05, 3.63) is 52.2 Å². The van der Waals surface area contributed by atoms with Crippen LogP contribution in [0.25, 0.3) is 0 Å². The van der Waals surface area contributed by atoms with Gasteiger partial charge in [-0.1, -0.05) is 29.8 Å². The molecule has 0 saturated heterocycles. The molecule has 0 radical (unpaired) electrons. The average molecular weight is 321 g/mol. The van der Waals surface area contributed by atoms with Crippen molar-refractivity contribution in [1.29, 1.82) is 0 Å². The first-order valence-electron chi connectivity index (χ1n) is 4.36. The van der Waals surface area contributed by atoms with E-state index in [1.807, 2.05) is 0 Å². The third-order valence-corrected chi connectivity index (χ3v) is 4.75. The van der Waals surface area contributed by atoms with Crippen LogP contribution in [0, 0.1) is 0 Å². The quantitative estimate of drug-likeness (QED) is 0.852. The second-order valence-electron chi connectivity index (χ2n) is 3.09. The minimum absolute atomic E-state index is 0.225. The van der Waals surface area contributed by atoms with Crippen LogP contribution >= 0.6 is 27.5 Å². The normalized spacial score (nSPS) is 11.6. The van der Waals surface area contributed by atoms with Crippen molar-refractivity contribution >= 4 is 37.6 Å². The molecule has 3 nitrogen and oxygen atoms in total. The fourth-order valence-electron chi connectivity index (χ4n) is 1.28. The first-order valence-corrected chi connectivity index (χ1v) is 6.97. The van der Waals surface area contributed by atoms with E-state index in [0.717, 1.165) is 3.97 Å². The van der Waals surface area contributed by atoms with E-state index in [1.54, 1.807) is 18.2 Å². The lowest BCUT2D eigenvalue weighted by molar-refractivity contribution is 0.586. The molecule has 1 heterocycles. The highest BCUT2D eigenvalue weighted by Gasteiger charge is 2.18. The fraction of sp³-hybridized carbons (Fsp3) is 0. The summed E-state index contributed by atoms with van der Waals surface area (Å²) in [6.07, 6.45) is 1.36. The van der Waals surface area contributed by atoms with E-state index in [4.69, 9.17) is 11.6 Å². The summed E-state index contributed by atoms with van der Waals surface area (Å²) >= 11 is 8.89. The van der Waals surface area contributed by atoms with Gasteiger partial charge in [-0.25, -0.2) is 12.4 Å². The maximum atomic E-state index is 12.1. The first-order chi connectivity index (χ1) is 7.51. The summed E-state index contributed by atoms with van der Waals surface area (Å²) in [6.45, 7) is 0. The molecule has 16 heavy (non-hydrogen) atoms. The molecule has 0 unspecified atom stereocenters. The number of halogens is 2. The van der Waals surface area contributed by atoms with Gasteiger partial charge >= 0.3 is 0 Å². The van der Waals surface area contributed by atoms with Crippen LogP contribution in [0.1, 0.15) is 0 Å². The standard InChI is InChI=1S/C10H7BrClNO2S/c11-10-6-8(12)7-13(10)16(14,15)9-4-2-1-3-5-9/h1-7H. The molecule has 0 aliphatic heterocycles. The van der Waals surface area contributed by atoms with E-state index in [1.165, 1.54) is 24.4 Å². The highest BCUT2D eigenvalue weighted by atomic mass is 79.9. The molecule has 1 aromatic heterocycles. The van der Waals surface area contributed by atoms with Crippen molar-refractivity contribution in [1.82, 2.24) is 3.97 Å². The molecule has 0 aliphatic carbocycles. The van der Waals surface area contributed by atoms with E-state index in [-0.39, 0.29) is 4.90 Å². The molecule has 2 rings (SSSR count). The summed E-state index contributed by atoms with van der Waals surface area (Å²) in [7, 11) is -3.56. The van der Waals surface area contributed by atoms with Gasteiger partial charge in [0, 0.05) is 6.20 Å². The molecule has 0 N–H and O–H groups in total. The van der Waals surface area contributed by atoms with Gasteiger partial charge in [0.1, 0.15) is 4.60 Å². The van der Waals surface area contributed by atoms with Gasteiger partial charge in [-0.3, -0.25) is 0 Å². The Kier molecular flexibility index (Phi) is 3.10. The Balaban J connectivity index is 2.61. The van der Waals surface area contributed by atoms with Gasteiger partial charge in [0.15, 0.2) is 0 Å². The van der Waals surface area contributed by atoms with Crippen molar-refractivity contribution in [2.75, 3.05) is 0 Å². The Labute approximate surface area is 107 Å². The molecule has 84 valence electrons. The maximum Gasteiger partial charge on any atom is 0.268 e. The summed E-state index contributed by atoms with van der Waals surface area (Å²) in [6, 6.07) is 9.71. The molecule has 0 spiro atoms. The zero-order valence-electron chi connectivity index (χ0n) is 7.97. The van der Waals surface area contributed by atoms with Gasteiger partial charge in [-0.2, -0.15) is 0 Å². The summed E-state index contributed by atoms with van der Waals surface area (Å²) in [5.74, 6) is 0. The molecular formula is C10H7BrClNO2S. The van der Waals surface area contributed by atoms with E-state index >= 15 is 0 Å². The molecule has 0 bridgehead atoms. The molecule has 0 atom stereocenters. The van der Waals surface area contributed by atoms with Gasteiger partial charge in [0.2, 0.25) is 0 Å². The van der Waals surface area contributed by atoms with E-state index in [0.29, 0.717) is 9.63 Å². The third kappa shape index (κ3) is 2.03. The summed E-state index contributed by atoms with van der Waals surface area (Å²) in [4.78, 5) is 0.225. The summed E-state index contributed by atoms with van der Waals surface area (Å²) in [5, 5.41) is 0.367. The number of benzene rings is 1. The zero-order valence-corrected chi connectivity index (χ0v) is 11.1. The van der Waals surface area contributed by atoms with Crippen LogP contribution < -0.4 is 0 Å². The molecule has 0 aliphatic rings. The van der Waals surface area contributed by atoms with Crippen LogP contribution in [0.4, 0.5) is 0 Å². The van der Waals surface area contributed by atoms with Gasteiger partial charge in [0.05, 0.1) is 9.92 Å². The SMILES string of the molecule is O=S(=O)(c1ccccc1)n1cc(Cl)cc1Br. The zero-order chi connectivity index (χ0) is 11.8. The van der Waals surface area contributed by atoms with E-state index in [9.17, 15) is 8.42 Å². The first kappa shape index (κ1) is 11.7. The monoisotopic (exact) mass is 319 g/mol. The minimum Gasteiger partial charge on any atom is -0.234 e. The maximum absolute atomic E-state index is 12.1. The third-order valence-electron chi connectivity index (χ3n) is 2.01. The number of aromatic nitrogens is 1. The van der Waals surface area contributed by atoms with Crippen molar-refractivity contribution in [3.8, 4) is 0 Å². The predicted molar refractivity (Wildman–Crippen MR) is 66.2 cm³/mol. The van der Waals surface area contributed by atoms with Crippen molar-refractivity contribution < 1.29 is 8.42 Å². The van der Waals surface area contributed by atoms with Crippen LogP contribution in [-0.4, -0.2) is 12.4 Å². The van der Waals surface area contributed by atoms with Crippen molar-refractivity contribution in [2.45, 2.75) is 4.90 Å². The van der Waals surface area contributed by atoms with E-state index in [2.05, 4.69) is 15.9 Å². The lowest BCUT2D eigenvalue weighted by Gasteiger charge is -2.06. The summed E-state index contributed by atoms with van der Waals surface area (Å²) in [5.41, 5.74) is 0. The van der Waals surface area contributed by atoms with Crippen molar-refractivity contribution in [2.24, 2.45) is 0 Å². The van der Waals surface area contributed by atoms with Crippen LogP contribution in [0.3, 0.4) is 0 Å². The molecule has 0 fully saturated rings. The number of hydrogen-bond acceptors (Lipinski definition) is 2. The van der Waals surface area contributed by atoms with E-state index < -0.39 is 10.0 Å². The van der Waals surface area contributed by atoms with Gasteiger partial charge in [0.25, 0.3) is 10.0 Å². The lowest BCUT2D eigenvalue weighted by Crippen LogP contribution is -2.11. The largest absolute Gasteiger partial charge is 0.268 e. The number of hydrogen-bond donors (Lipinski definition) is 0. The minimum atomic E-state index is -3.56. The number of nitrogens with zero attached hydrogens (tertiary/aromatic N) is 1. The molecule has 2 aromatic rings. The highest BCUT2D eigenvalue weighted by molar-refractivity contribution is 9.10. The molecule has 6 heteroatoms. The Morgan fingerprint density at radius 2 is 1.81 bits per heavy atom. The molecule has 1 aromatic carbocycles. The van der Waals surface area contributed by atoms with Crippen LogP contribution in [0.5, 0.6) is 0 Å². The molecule has 0 amide bonds. The molecule has 0 saturated carbocycles. The van der Waals surface area contributed by atoms with Crippen LogP contribution in [-0.2, 0) is 10.0 Å². The van der Waals surface area contributed by atoms with Gasteiger partial charge in [-0.05, 0) is 34.1 Å². The fourth-order valence-corrected chi connectivity index (χ4v) is 3.85. The van der Waals surface area contributed by atoms with Crippen molar-refractivity contribution in [3.63, 3.8) is 0 Å². The topological polar surface area (TPSA) is 39.1 Å². The average Bonchev–Trinajstić information content (AvgIpc) is 2.60. The smallest absolute Gasteiger partial charge is 0.234 e. The number of rotatable bonds is 2. The van der Waals surface area contributed by atoms with Crippen LogP contribution in [0.2, 0.25) is 5.02 Å². The van der Waals surface area contributed by atoms with Gasteiger partial charge < -0.3 is 0 Å². The van der Waals surface area contributed by atoms with Gasteiger partial charge in [-0.15, -0.1) is 0 Å². The Morgan fingerprint density at radius 3 is 2.31 bits per heavy atom. The Hall–Kier alpha value is -0.780. The second kappa shape index (κ2) is 4.24. The lowest BCUT2D eigenvalue weighted by atomic mass is 10.4. The summed E-state index contributed by atoms with van der Waals surface area (Å²) < 4.78 is 25.8. The Morgan fingerprint density at radius 1 is 1.19 bits per heavy atom. The predicted octanol–water partition coefficient (Wildman–Crippen LogP) is 3.14. The molecular weight excluding hydrogens is 314 g/mol. The van der Waals surface area contributed by atoms with Crippen LogP contribution in [0.15, 0.2) is 52.1 Å². The highest BCUT2D eigenvalue weighted by Crippen LogP contribution is 2.24.